The highest BCUT2D eigenvalue weighted by Crippen LogP contribution is 2.51. The first-order valence-corrected chi connectivity index (χ1v) is 7.33. The molecule has 2 N–H and O–H groups in total. The van der Waals surface area contributed by atoms with E-state index in [1.807, 2.05) is 11.8 Å². The first-order chi connectivity index (χ1) is 6.97. The number of carboxylic acid groups (broad SMARTS) is 1. The SMILES string of the molecule is CC1(C)CCSCC12N[C@H](C(=O)O)CS2. The van der Waals surface area contributed by atoms with Crippen molar-refractivity contribution in [1.29, 1.82) is 0 Å². The number of carbonyl (C=O) groups is 1. The van der Waals surface area contributed by atoms with E-state index < -0.39 is 5.97 Å². The quantitative estimate of drug-likeness (QED) is 0.737. The maximum atomic E-state index is 11.0. The van der Waals surface area contributed by atoms with Gasteiger partial charge in [-0.25, -0.2) is 0 Å². The lowest BCUT2D eigenvalue weighted by atomic mass is 9.81. The molecule has 1 unspecified atom stereocenters. The lowest BCUT2D eigenvalue weighted by Gasteiger charge is -2.47. The molecule has 2 heterocycles. The molecule has 0 radical (unpaired) electrons. The Hall–Kier alpha value is 0.130. The van der Waals surface area contributed by atoms with Gasteiger partial charge in [0.05, 0.1) is 4.87 Å². The molecule has 5 heteroatoms. The molecule has 2 rings (SSSR count). The van der Waals surface area contributed by atoms with Gasteiger partial charge in [-0.15, -0.1) is 11.8 Å². The lowest BCUT2D eigenvalue weighted by Crippen LogP contribution is -2.57. The van der Waals surface area contributed by atoms with Crippen LogP contribution in [0.3, 0.4) is 0 Å². The van der Waals surface area contributed by atoms with Crippen LogP contribution < -0.4 is 5.32 Å². The van der Waals surface area contributed by atoms with Crippen LogP contribution in [0.4, 0.5) is 0 Å². The average molecular weight is 247 g/mol. The van der Waals surface area contributed by atoms with Gasteiger partial charge in [0.15, 0.2) is 0 Å². The minimum Gasteiger partial charge on any atom is -0.480 e. The van der Waals surface area contributed by atoms with Gasteiger partial charge in [0.25, 0.3) is 0 Å². The summed E-state index contributed by atoms with van der Waals surface area (Å²) in [5, 5.41) is 12.4. The topological polar surface area (TPSA) is 49.3 Å². The van der Waals surface area contributed by atoms with Gasteiger partial charge in [-0.1, -0.05) is 13.8 Å². The van der Waals surface area contributed by atoms with Crippen molar-refractivity contribution in [3.63, 3.8) is 0 Å². The van der Waals surface area contributed by atoms with Crippen molar-refractivity contribution < 1.29 is 9.90 Å². The van der Waals surface area contributed by atoms with Crippen LogP contribution in [-0.2, 0) is 4.79 Å². The first-order valence-electron chi connectivity index (χ1n) is 5.19. The number of hydrogen-bond acceptors (Lipinski definition) is 4. The number of aliphatic carboxylic acids is 1. The van der Waals surface area contributed by atoms with Crippen molar-refractivity contribution >= 4 is 29.5 Å². The molecule has 0 aromatic carbocycles. The van der Waals surface area contributed by atoms with Crippen LogP contribution in [0.5, 0.6) is 0 Å². The molecule has 0 bridgehead atoms. The van der Waals surface area contributed by atoms with Crippen molar-refractivity contribution in [3.8, 4) is 0 Å². The second-order valence-corrected chi connectivity index (χ2v) is 7.28. The fraction of sp³-hybridized carbons (Fsp3) is 0.900. The standard InChI is InChI=1S/C10H17NO2S2/c1-9(2)3-4-14-6-10(9)11-7(5-15-10)8(12)13/h7,11H,3-6H2,1-2H3,(H,12,13)/t7-,10?/m0/s1. The number of hydrogen-bond donors (Lipinski definition) is 2. The first kappa shape index (κ1) is 11.6. The van der Waals surface area contributed by atoms with Gasteiger partial charge >= 0.3 is 5.97 Å². The van der Waals surface area contributed by atoms with E-state index in [0.29, 0.717) is 5.75 Å². The third kappa shape index (κ3) is 1.89. The molecule has 0 amide bonds. The number of rotatable bonds is 1. The van der Waals surface area contributed by atoms with Gasteiger partial charge in [-0.2, -0.15) is 11.8 Å². The summed E-state index contributed by atoms with van der Waals surface area (Å²) in [5.41, 5.74) is 0.188. The Morgan fingerprint density at radius 2 is 2.27 bits per heavy atom. The molecule has 0 saturated carbocycles. The number of nitrogens with one attached hydrogen (secondary N) is 1. The van der Waals surface area contributed by atoms with E-state index in [0.717, 1.165) is 12.2 Å². The lowest BCUT2D eigenvalue weighted by molar-refractivity contribution is -0.139. The van der Waals surface area contributed by atoms with Crippen molar-refractivity contribution in [1.82, 2.24) is 5.32 Å². The molecule has 0 aliphatic carbocycles. The summed E-state index contributed by atoms with van der Waals surface area (Å²) in [6, 6.07) is -0.368. The van der Waals surface area contributed by atoms with Crippen molar-refractivity contribution in [3.05, 3.63) is 0 Å². The van der Waals surface area contributed by atoms with Crippen LogP contribution in [-0.4, -0.2) is 39.2 Å². The summed E-state index contributed by atoms with van der Waals surface area (Å²) in [5.74, 6) is 2.19. The van der Waals surface area contributed by atoms with E-state index in [1.54, 1.807) is 11.8 Å². The molecule has 2 fully saturated rings. The summed E-state index contributed by atoms with van der Waals surface area (Å²) in [6.07, 6.45) is 1.16. The van der Waals surface area contributed by atoms with Crippen molar-refractivity contribution in [2.75, 3.05) is 17.3 Å². The van der Waals surface area contributed by atoms with Crippen molar-refractivity contribution in [2.45, 2.75) is 31.2 Å². The third-order valence-electron chi connectivity index (χ3n) is 3.47. The summed E-state index contributed by atoms with van der Waals surface area (Å²) in [7, 11) is 0. The Balaban J connectivity index is 2.16. The van der Waals surface area contributed by atoms with E-state index in [-0.39, 0.29) is 16.3 Å². The largest absolute Gasteiger partial charge is 0.480 e. The van der Waals surface area contributed by atoms with E-state index in [2.05, 4.69) is 19.2 Å². The molecule has 2 atom stereocenters. The van der Waals surface area contributed by atoms with Crippen LogP contribution >= 0.6 is 23.5 Å². The molecule has 2 aliphatic rings. The second kappa shape index (κ2) is 3.86. The summed E-state index contributed by atoms with van der Waals surface area (Å²) >= 11 is 3.73. The summed E-state index contributed by atoms with van der Waals surface area (Å²) in [4.78, 5) is 10.9. The highest BCUT2D eigenvalue weighted by molar-refractivity contribution is 8.04. The molecule has 86 valence electrons. The Kier molecular flexibility index (Phi) is 2.99. The van der Waals surface area contributed by atoms with Gasteiger partial charge in [-0.3, -0.25) is 10.1 Å². The summed E-state index contributed by atoms with van der Waals surface area (Å²) in [6.45, 7) is 4.49. The van der Waals surface area contributed by atoms with E-state index in [9.17, 15) is 4.79 Å². The van der Waals surface area contributed by atoms with Crippen LogP contribution in [0, 0.1) is 5.41 Å². The van der Waals surface area contributed by atoms with E-state index >= 15 is 0 Å². The molecular formula is C10H17NO2S2. The van der Waals surface area contributed by atoms with Gasteiger partial charge in [0, 0.05) is 11.5 Å². The zero-order chi connectivity index (χ0) is 11.1. The Bertz CT molecular complexity index is 283. The average Bonchev–Trinajstić information content (AvgIpc) is 2.57. The van der Waals surface area contributed by atoms with Crippen molar-refractivity contribution in [2.24, 2.45) is 5.41 Å². The van der Waals surface area contributed by atoms with Crippen LogP contribution in [0.25, 0.3) is 0 Å². The highest BCUT2D eigenvalue weighted by atomic mass is 32.2. The fourth-order valence-electron chi connectivity index (χ4n) is 2.14. The third-order valence-corrected chi connectivity index (χ3v) is 6.59. The van der Waals surface area contributed by atoms with Gasteiger partial charge in [-0.05, 0) is 17.6 Å². The van der Waals surface area contributed by atoms with Gasteiger partial charge in [0.1, 0.15) is 6.04 Å². The molecule has 2 aliphatic heterocycles. The molecule has 0 aromatic heterocycles. The normalized spacial score (nSPS) is 39.5. The fourth-order valence-corrected chi connectivity index (χ4v) is 5.68. The monoisotopic (exact) mass is 247 g/mol. The van der Waals surface area contributed by atoms with Crippen LogP contribution in [0.2, 0.25) is 0 Å². The number of thioether (sulfide) groups is 2. The molecule has 0 aromatic rings. The van der Waals surface area contributed by atoms with Crippen LogP contribution in [0.1, 0.15) is 20.3 Å². The Morgan fingerprint density at radius 3 is 2.80 bits per heavy atom. The minimum absolute atomic E-state index is 0.0288. The van der Waals surface area contributed by atoms with Crippen LogP contribution in [0.15, 0.2) is 0 Å². The van der Waals surface area contributed by atoms with E-state index in [1.165, 1.54) is 5.75 Å². The van der Waals surface area contributed by atoms with Gasteiger partial charge < -0.3 is 5.11 Å². The summed E-state index contributed by atoms with van der Waals surface area (Å²) < 4.78 is 0. The molecular weight excluding hydrogens is 230 g/mol. The zero-order valence-electron chi connectivity index (χ0n) is 9.08. The second-order valence-electron chi connectivity index (χ2n) is 4.86. The van der Waals surface area contributed by atoms with E-state index in [4.69, 9.17) is 5.11 Å². The predicted octanol–water partition coefficient (Wildman–Crippen LogP) is 1.64. The van der Waals surface area contributed by atoms with Gasteiger partial charge in [0.2, 0.25) is 0 Å². The minimum atomic E-state index is -0.717. The Labute approximate surface area is 98.8 Å². The molecule has 15 heavy (non-hydrogen) atoms. The molecule has 1 spiro atoms. The molecule has 2 saturated heterocycles. The zero-order valence-corrected chi connectivity index (χ0v) is 10.7. The smallest absolute Gasteiger partial charge is 0.321 e. The Morgan fingerprint density at radius 1 is 1.53 bits per heavy atom. The highest BCUT2D eigenvalue weighted by Gasteiger charge is 2.53. The maximum Gasteiger partial charge on any atom is 0.321 e. The molecule has 3 nitrogen and oxygen atoms in total. The number of carboxylic acids is 1. The maximum absolute atomic E-state index is 11.0. The predicted molar refractivity (Wildman–Crippen MR) is 65.5 cm³/mol.